The number of fused-ring (bicyclic) bond motifs is 1. The third-order valence-corrected chi connectivity index (χ3v) is 4.47. The van der Waals surface area contributed by atoms with Crippen molar-refractivity contribution in [1.82, 2.24) is 4.98 Å². The molecule has 1 unspecified atom stereocenters. The monoisotopic (exact) mass is 288 g/mol. The molecule has 1 atom stereocenters. The second-order valence-corrected chi connectivity index (χ2v) is 6.04. The topological polar surface area (TPSA) is 66.0 Å². The van der Waals surface area contributed by atoms with Crippen LogP contribution in [0.25, 0.3) is 0 Å². The molecule has 116 valence electrons. The van der Waals surface area contributed by atoms with Crippen LogP contribution in [0.2, 0.25) is 0 Å². The van der Waals surface area contributed by atoms with Gasteiger partial charge in [-0.2, -0.15) is 0 Å². The fraction of sp³-hybridized carbons (Fsp3) is 0.647. The van der Waals surface area contributed by atoms with Gasteiger partial charge >= 0.3 is 0 Å². The highest BCUT2D eigenvalue weighted by molar-refractivity contribution is 6.00. The van der Waals surface area contributed by atoms with E-state index in [0.717, 1.165) is 50.0 Å². The minimum Gasteiger partial charge on any atom is -0.384 e. The molecular formula is C17H28N4. The van der Waals surface area contributed by atoms with Crippen molar-refractivity contribution in [2.24, 2.45) is 5.73 Å². The summed E-state index contributed by atoms with van der Waals surface area (Å²) in [5.74, 6) is 1.06. The lowest BCUT2D eigenvalue weighted by Crippen LogP contribution is -2.36. The molecule has 2 rings (SSSR count). The van der Waals surface area contributed by atoms with Crippen molar-refractivity contribution in [2.75, 3.05) is 11.4 Å². The maximum atomic E-state index is 7.92. The van der Waals surface area contributed by atoms with Crippen molar-refractivity contribution >= 4 is 11.7 Å². The lowest BCUT2D eigenvalue weighted by atomic mass is 10.1. The molecule has 0 radical (unpaired) electrons. The third-order valence-electron chi connectivity index (χ3n) is 4.47. The van der Waals surface area contributed by atoms with E-state index < -0.39 is 0 Å². The van der Waals surface area contributed by atoms with E-state index in [4.69, 9.17) is 16.1 Å². The van der Waals surface area contributed by atoms with Crippen molar-refractivity contribution in [1.29, 1.82) is 5.41 Å². The fourth-order valence-electron chi connectivity index (χ4n) is 2.96. The average Bonchev–Trinajstić information content (AvgIpc) is 2.93. The van der Waals surface area contributed by atoms with E-state index in [0.29, 0.717) is 6.04 Å². The molecule has 0 saturated heterocycles. The first-order valence-electron chi connectivity index (χ1n) is 8.22. The highest BCUT2D eigenvalue weighted by atomic mass is 15.2. The Bertz CT molecular complexity index is 510. The predicted octanol–water partition coefficient (Wildman–Crippen LogP) is 3.26. The van der Waals surface area contributed by atoms with Crippen LogP contribution >= 0.6 is 0 Å². The molecule has 1 aliphatic rings. The molecule has 0 fully saturated rings. The van der Waals surface area contributed by atoms with Crippen molar-refractivity contribution < 1.29 is 0 Å². The number of rotatable bonds is 7. The maximum absolute atomic E-state index is 7.92. The Balaban J connectivity index is 2.44. The zero-order chi connectivity index (χ0) is 15.4. The lowest BCUT2D eigenvalue weighted by molar-refractivity contribution is 0.588. The summed E-state index contributed by atoms with van der Waals surface area (Å²) in [6, 6.07) is 2.52. The van der Waals surface area contributed by atoms with E-state index in [-0.39, 0.29) is 5.84 Å². The van der Waals surface area contributed by atoms with Gasteiger partial charge in [0.05, 0.1) is 5.56 Å². The Hall–Kier alpha value is -1.58. The van der Waals surface area contributed by atoms with E-state index in [1.807, 2.05) is 0 Å². The van der Waals surface area contributed by atoms with Gasteiger partial charge in [-0.15, -0.1) is 0 Å². The number of aromatic nitrogens is 1. The number of nitrogens with zero attached hydrogens (tertiary/aromatic N) is 2. The first-order valence-corrected chi connectivity index (χ1v) is 8.22. The van der Waals surface area contributed by atoms with Gasteiger partial charge in [-0.25, -0.2) is 4.98 Å². The summed E-state index contributed by atoms with van der Waals surface area (Å²) in [6.45, 7) is 7.62. The van der Waals surface area contributed by atoms with Crippen molar-refractivity contribution in [3.63, 3.8) is 0 Å². The van der Waals surface area contributed by atoms with E-state index in [9.17, 15) is 0 Å². The normalized spacial score (nSPS) is 14.8. The maximum Gasteiger partial charge on any atom is 0.140 e. The summed E-state index contributed by atoms with van der Waals surface area (Å²) >= 11 is 0. The van der Waals surface area contributed by atoms with Crippen LogP contribution in [0.1, 0.15) is 63.3 Å². The van der Waals surface area contributed by atoms with Crippen LogP contribution in [0.15, 0.2) is 6.07 Å². The second-order valence-electron chi connectivity index (χ2n) is 6.04. The zero-order valence-electron chi connectivity index (χ0n) is 13.6. The molecule has 21 heavy (non-hydrogen) atoms. The number of hydrogen-bond acceptors (Lipinski definition) is 3. The largest absolute Gasteiger partial charge is 0.384 e. The molecule has 0 bridgehead atoms. The molecule has 1 heterocycles. The van der Waals surface area contributed by atoms with Gasteiger partial charge in [0.15, 0.2) is 0 Å². The first kappa shape index (κ1) is 15.8. The van der Waals surface area contributed by atoms with Gasteiger partial charge in [-0.05, 0) is 50.7 Å². The van der Waals surface area contributed by atoms with E-state index in [1.165, 1.54) is 17.7 Å². The Morgan fingerprint density at radius 3 is 2.81 bits per heavy atom. The van der Waals surface area contributed by atoms with Gasteiger partial charge in [-0.1, -0.05) is 20.3 Å². The van der Waals surface area contributed by atoms with Gasteiger partial charge in [-0.3, -0.25) is 5.41 Å². The van der Waals surface area contributed by atoms with Gasteiger partial charge < -0.3 is 10.6 Å². The van der Waals surface area contributed by atoms with Crippen LogP contribution < -0.4 is 10.6 Å². The van der Waals surface area contributed by atoms with E-state index in [1.54, 1.807) is 0 Å². The Kier molecular flexibility index (Phi) is 5.21. The highest BCUT2D eigenvalue weighted by Gasteiger charge is 2.23. The summed E-state index contributed by atoms with van der Waals surface area (Å²) in [5, 5.41) is 7.92. The summed E-state index contributed by atoms with van der Waals surface area (Å²) in [4.78, 5) is 7.25. The van der Waals surface area contributed by atoms with Crippen molar-refractivity contribution in [2.45, 2.75) is 65.3 Å². The molecule has 4 heteroatoms. The van der Waals surface area contributed by atoms with Crippen molar-refractivity contribution in [3.05, 3.63) is 22.9 Å². The fourth-order valence-corrected chi connectivity index (χ4v) is 2.96. The number of nitrogen functional groups attached to an aromatic ring is 1. The van der Waals surface area contributed by atoms with Crippen LogP contribution in [0.4, 0.5) is 5.82 Å². The number of nitrogens with two attached hydrogens (primary N) is 1. The molecule has 1 aromatic rings. The van der Waals surface area contributed by atoms with E-state index >= 15 is 0 Å². The molecule has 3 N–H and O–H groups in total. The smallest absolute Gasteiger partial charge is 0.140 e. The SMILES string of the molecule is CCCCN(c1nc2c(cc1C(=N)N)CCC2)C(C)CC. The predicted molar refractivity (Wildman–Crippen MR) is 89.3 cm³/mol. The molecule has 0 aliphatic heterocycles. The second kappa shape index (κ2) is 6.92. The standard InChI is InChI=1S/C17H28N4/c1-4-6-10-21(12(3)5-2)17-14(16(18)19)11-13-8-7-9-15(13)20-17/h11-12H,4-10H2,1-3H3,(H3,18,19). The summed E-state index contributed by atoms with van der Waals surface area (Å²) in [7, 11) is 0. The molecule has 0 spiro atoms. The number of unbranched alkanes of at least 4 members (excludes halogenated alkanes) is 1. The molecule has 4 nitrogen and oxygen atoms in total. The van der Waals surface area contributed by atoms with E-state index in [2.05, 4.69) is 31.7 Å². The number of anilines is 1. The lowest BCUT2D eigenvalue weighted by Gasteiger charge is -2.31. The van der Waals surface area contributed by atoms with Crippen molar-refractivity contribution in [3.8, 4) is 0 Å². The molecule has 0 saturated carbocycles. The molecule has 1 aromatic heterocycles. The summed E-state index contributed by atoms with van der Waals surface area (Å²) < 4.78 is 0. The minimum absolute atomic E-state index is 0.136. The third kappa shape index (κ3) is 3.36. The first-order chi connectivity index (χ1) is 10.1. The van der Waals surface area contributed by atoms with Crippen LogP contribution in [0, 0.1) is 5.41 Å². The van der Waals surface area contributed by atoms with Gasteiger partial charge in [0.25, 0.3) is 0 Å². The van der Waals surface area contributed by atoms with Crippen LogP contribution in [-0.2, 0) is 12.8 Å². The van der Waals surface area contributed by atoms with Crippen LogP contribution in [0.5, 0.6) is 0 Å². The molecule has 1 aliphatic carbocycles. The van der Waals surface area contributed by atoms with Crippen LogP contribution in [-0.4, -0.2) is 23.4 Å². The molecule has 0 amide bonds. The quantitative estimate of drug-likeness (QED) is 0.598. The number of nitrogens with one attached hydrogen (secondary N) is 1. The number of aryl methyl sites for hydroxylation is 2. The minimum atomic E-state index is 0.136. The van der Waals surface area contributed by atoms with Gasteiger partial charge in [0.2, 0.25) is 0 Å². The van der Waals surface area contributed by atoms with Gasteiger partial charge in [0, 0.05) is 18.3 Å². The highest BCUT2D eigenvalue weighted by Crippen LogP contribution is 2.29. The number of hydrogen-bond donors (Lipinski definition) is 2. The summed E-state index contributed by atoms with van der Waals surface area (Å²) in [6.07, 6.45) is 6.67. The Morgan fingerprint density at radius 1 is 1.43 bits per heavy atom. The number of pyridine rings is 1. The van der Waals surface area contributed by atoms with Crippen LogP contribution in [0.3, 0.4) is 0 Å². The molecular weight excluding hydrogens is 260 g/mol. The Morgan fingerprint density at radius 2 is 2.19 bits per heavy atom. The summed E-state index contributed by atoms with van der Waals surface area (Å²) in [5.41, 5.74) is 9.13. The Labute approximate surface area is 128 Å². The van der Waals surface area contributed by atoms with Gasteiger partial charge in [0.1, 0.15) is 11.7 Å². The molecule has 0 aromatic carbocycles. The average molecular weight is 288 g/mol. The zero-order valence-corrected chi connectivity index (χ0v) is 13.6. The number of amidine groups is 1.